The number of methoxy groups -OCH3 is 1. The highest BCUT2D eigenvalue weighted by atomic mass is 32.1. The number of aromatic nitrogens is 2. The van der Waals surface area contributed by atoms with E-state index in [4.69, 9.17) is 4.74 Å². The van der Waals surface area contributed by atoms with E-state index in [1.54, 1.807) is 18.4 Å². The van der Waals surface area contributed by atoms with Gasteiger partial charge in [-0.05, 0) is 17.9 Å². The van der Waals surface area contributed by atoms with Crippen molar-refractivity contribution in [2.75, 3.05) is 7.11 Å². The van der Waals surface area contributed by atoms with Gasteiger partial charge in [0.15, 0.2) is 0 Å². The summed E-state index contributed by atoms with van der Waals surface area (Å²) in [4.78, 5) is 1.24. The van der Waals surface area contributed by atoms with Crippen molar-refractivity contribution in [1.29, 1.82) is 0 Å². The van der Waals surface area contributed by atoms with E-state index in [1.807, 2.05) is 6.20 Å². The maximum Gasteiger partial charge on any atom is 0.0794 e. The molecule has 5 heteroatoms. The van der Waals surface area contributed by atoms with Gasteiger partial charge in [0.1, 0.15) is 0 Å². The van der Waals surface area contributed by atoms with Gasteiger partial charge < -0.3 is 10.1 Å². The number of ether oxygens (including phenoxy) is 1. The Hall–Kier alpha value is -1.17. The first-order valence-electron chi connectivity index (χ1n) is 6.95. The standard InChI is InChI=1S/C15H21N3OS/c1-15(2)12(7-13(15)19-3)16-8-10-9-17-18-14(10)11-5-4-6-20-11/h4-6,9,12-13,16H,7-8H2,1-3H3,(H,17,18). The number of nitrogens with zero attached hydrogens (tertiary/aromatic N) is 1. The minimum absolute atomic E-state index is 0.196. The zero-order chi connectivity index (χ0) is 14.2. The van der Waals surface area contributed by atoms with Crippen LogP contribution in [0.25, 0.3) is 10.6 Å². The minimum atomic E-state index is 0.196. The van der Waals surface area contributed by atoms with E-state index < -0.39 is 0 Å². The molecule has 2 aromatic rings. The van der Waals surface area contributed by atoms with Crippen LogP contribution in [0, 0.1) is 5.41 Å². The molecule has 3 rings (SSSR count). The number of rotatable bonds is 5. The second kappa shape index (κ2) is 5.31. The molecule has 0 radical (unpaired) electrons. The highest BCUT2D eigenvalue weighted by molar-refractivity contribution is 7.13. The van der Waals surface area contributed by atoms with E-state index in [-0.39, 0.29) is 5.41 Å². The summed E-state index contributed by atoms with van der Waals surface area (Å²) in [7, 11) is 1.80. The Morgan fingerprint density at radius 2 is 2.40 bits per heavy atom. The second-order valence-electron chi connectivity index (χ2n) is 5.96. The molecule has 0 saturated heterocycles. The van der Waals surface area contributed by atoms with Crippen molar-refractivity contribution < 1.29 is 4.74 Å². The van der Waals surface area contributed by atoms with E-state index in [2.05, 4.69) is 46.9 Å². The summed E-state index contributed by atoms with van der Waals surface area (Å²) in [5.41, 5.74) is 2.55. The summed E-state index contributed by atoms with van der Waals surface area (Å²) in [5, 5.41) is 13.0. The average Bonchev–Trinajstić information content (AvgIpc) is 3.08. The Morgan fingerprint density at radius 3 is 3.05 bits per heavy atom. The molecule has 0 bridgehead atoms. The normalized spacial score (nSPS) is 24.6. The van der Waals surface area contributed by atoms with Gasteiger partial charge in [0.05, 0.1) is 22.9 Å². The van der Waals surface area contributed by atoms with Crippen LogP contribution in [-0.4, -0.2) is 29.5 Å². The van der Waals surface area contributed by atoms with Crippen LogP contribution in [0.15, 0.2) is 23.7 Å². The number of thiophene rings is 1. The van der Waals surface area contributed by atoms with Gasteiger partial charge >= 0.3 is 0 Å². The molecule has 0 spiro atoms. The molecule has 2 atom stereocenters. The van der Waals surface area contributed by atoms with Crippen LogP contribution in [0.2, 0.25) is 0 Å². The van der Waals surface area contributed by atoms with Crippen molar-refractivity contribution in [3.05, 3.63) is 29.3 Å². The van der Waals surface area contributed by atoms with Crippen molar-refractivity contribution in [2.24, 2.45) is 5.41 Å². The van der Waals surface area contributed by atoms with Crippen LogP contribution in [-0.2, 0) is 11.3 Å². The van der Waals surface area contributed by atoms with E-state index in [0.29, 0.717) is 12.1 Å². The fraction of sp³-hybridized carbons (Fsp3) is 0.533. The van der Waals surface area contributed by atoms with Gasteiger partial charge in [0.25, 0.3) is 0 Å². The maximum atomic E-state index is 5.49. The molecule has 0 aliphatic heterocycles. The van der Waals surface area contributed by atoms with Gasteiger partial charge in [-0.2, -0.15) is 5.10 Å². The molecular weight excluding hydrogens is 270 g/mol. The Morgan fingerprint density at radius 1 is 1.55 bits per heavy atom. The molecule has 1 aliphatic carbocycles. The molecule has 20 heavy (non-hydrogen) atoms. The van der Waals surface area contributed by atoms with Gasteiger partial charge in [0, 0.05) is 30.7 Å². The van der Waals surface area contributed by atoms with Crippen LogP contribution in [0.4, 0.5) is 0 Å². The van der Waals surface area contributed by atoms with Gasteiger partial charge in [0.2, 0.25) is 0 Å². The molecular formula is C15H21N3OS. The van der Waals surface area contributed by atoms with E-state index in [0.717, 1.165) is 18.7 Å². The predicted octanol–water partition coefficient (Wildman–Crippen LogP) is 3.04. The number of hydrogen-bond acceptors (Lipinski definition) is 4. The van der Waals surface area contributed by atoms with E-state index >= 15 is 0 Å². The van der Waals surface area contributed by atoms with Crippen molar-refractivity contribution in [3.63, 3.8) is 0 Å². The third-order valence-electron chi connectivity index (χ3n) is 4.49. The van der Waals surface area contributed by atoms with Gasteiger partial charge in [-0.3, -0.25) is 5.10 Å². The summed E-state index contributed by atoms with van der Waals surface area (Å²) in [6, 6.07) is 4.69. The monoisotopic (exact) mass is 291 g/mol. The van der Waals surface area contributed by atoms with Crippen LogP contribution in [0.1, 0.15) is 25.8 Å². The Balaban J connectivity index is 1.65. The molecule has 2 N–H and O–H groups in total. The lowest BCUT2D eigenvalue weighted by molar-refractivity contribution is -0.0978. The maximum absolute atomic E-state index is 5.49. The minimum Gasteiger partial charge on any atom is -0.381 e. The van der Waals surface area contributed by atoms with Crippen molar-refractivity contribution >= 4 is 11.3 Å². The summed E-state index contributed by atoms with van der Waals surface area (Å²) < 4.78 is 5.49. The van der Waals surface area contributed by atoms with Crippen LogP contribution >= 0.6 is 11.3 Å². The quantitative estimate of drug-likeness (QED) is 0.890. The molecule has 1 saturated carbocycles. The number of nitrogens with one attached hydrogen (secondary N) is 2. The molecule has 2 aromatic heterocycles. The predicted molar refractivity (Wildman–Crippen MR) is 81.7 cm³/mol. The second-order valence-corrected chi connectivity index (χ2v) is 6.91. The fourth-order valence-electron chi connectivity index (χ4n) is 2.94. The van der Waals surface area contributed by atoms with Crippen molar-refractivity contribution in [2.45, 2.75) is 39.0 Å². The highest BCUT2D eigenvalue weighted by Crippen LogP contribution is 2.42. The topological polar surface area (TPSA) is 49.9 Å². The van der Waals surface area contributed by atoms with E-state index in [1.165, 1.54) is 10.4 Å². The molecule has 1 aliphatic rings. The lowest BCUT2D eigenvalue weighted by atomic mass is 9.64. The number of aromatic amines is 1. The van der Waals surface area contributed by atoms with Crippen LogP contribution in [0.5, 0.6) is 0 Å². The first kappa shape index (κ1) is 13.8. The molecule has 4 nitrogen and oxygen atoms in total. The van der Waals surface area contributed by atoms with Crippen molar-refractivity contribution in [1.82, 2.24) is 15.5 Å². The highest BCUT2D eigenvalue weighted by Gasteiger charge is 2.48. The lowest BCUT2D eigenvalue weighted by Crippen LogP contribution is -2.60. The average molecular weight is 291 g/mol. The van der Waals surface area contributed by atoms with Gasteiger partial charge in [-0.15, -0.1) is 11.3 Å². The molecule has 1 fully saturated rings. The van der Waals surface area contributed by atoms with Crippen molar-refractivity contribution in [3.8, 4) is 10.6 Å². The zero-order valence-corrected chi connectivity index (χ0v) is 13.0. The third-order valence-corrected chi connectivity index (χ3v) is 5.37. The fourth-order valence-corrected chi connectivity index (χ4v) is 3.70. The SMILES string of the molecule is COC1CC(NCc2cn[nH]c2-c2cccs2)C1(C)C. The summed E-state index contributed by atoms with van der Waals surface area (Å²) in [5.74, 6) is 0. The lowest BCUT2D eigenvalue weighted by Gasteiger charge is -2.51. The van der Waals surface area contributed by atoms with Gasteiger partial charge in [-0.1, -0.05) is 19.9 Å². The molecule has 108 valence electrons. The molecule has 0 aromatic carbocycles. The zero-order valence-electron chi connectivity index (χ0n) is 12.1. The summed E-state index contributed by atoms with van der Waals surface area (Å²) in [6.45, 7) is 5.37. The Bertz CT molecular complexity index is 561. The smallest absolute Gasteiger partial charge is 0.0794 e. The van der Waals surface area contributed by atoms with Crippen LogP contribution in [0.3, 0.4) is 0 Å². The molecule has 2 unspecified atom stereocenters. The Kier molecular flexibility index (Phi) is 3.67. The first-order valence-corrected chi connectivity index (χ1v) is 7.83. The molecule has 2 heterocycles. The van der Waals surface area contributed by atoms with Crippen LogP contribution < -0.4 is 5.32 Å². The molecule has 0 amide bonds. The Labute approximate surface area is 123 Å². The summed E-state index contributed by atoms with van der Waals surface area (Å²) in [6.07, 6.45) is 3.36. The van der Waals surface area contributed by atoms with E-state index in [9.17, 15) is 0 Å². The first-order chi connectivity index (χ1) is 9.63. The number of H-pyrrole nitrogens is 1. The number of hydrogen-bond donors (Lipinski definition) is 2. The third kappa shape index (κ3) is 2.30. The largest absolute Gasteiger partial charge is 0.381 e. The summed E-state index contributed by atoms with van der Waals surface area (Å²) >= 11 is 1.73. The van der Waals surface area contributed by atoms with Gasteiger partial charge in [-0.25, -0.2) is 0 Å².